The van der Waals surface area contributed by atoms with Gasteiger partial charge in [-0.1, -0.05) is 78.8 Å². The van der Waals surface area contributed by atoms with Crippen LogP contribution in [0.25, 0.3) is 0 Å². The fourth-order valence-electron chi connectivity index (χ4n) is 4.07. The van der Waals surface area contributed by atoms with E-state index in [4.69, 9.17) is 13.7 Å². The third-order valence-corrected chi connectivity index (χ3v) is 18.1. The van der Waals surface area contributed by atoms with E-state index in [1.54, 1.807) is 0 Å². The molecule has 226 valence electrons. The Balaban J connectivity index is 3.45. The van der Waals surface area contributed by atoms with E-state index in [0.29, 0.717) is 6.42 Å². The Bertz CT molecular complexity index is 896. The Morgan fingerprint density at radius 2 is 1.59 bits per heavy atom. The minimum absolute atomic E-state index is 0.00876. The molecular weight excluding hydrogens is 523 g/mol. The van der Waals surface area contributed by atoms with Gasteiger partial charge in [0.05, 0.1) is 23.7 Å². The van der Waals surface area contributed by atoms with Gasteiger partial charge < -0.3 is 18.8 Å². The molecule has 0 bridgehead atoms. The molecule has 1 heterocycles. The van der Waals surface area contributed by atoms with Crippen molar-refractivity contribution in [1.29, 1.82) is 0 Å². The van der Waals surface area contributed by atoms with Crippen molar-refractivity contribution in [3.63, 3.8) is 0 Å². The minimum atomic E-state index is -2.17. The van der Waals surface area contributed by atoms with Gasteiger partial charge in [-0.2, -0.15) is 0 Å². The largest absolute Gasteiger partial charge is 0.416 e. The van der Waals surface area contributed by atoms with Gasteiger partial charge in [0, 0.05) is 19.6 Å². The summed E-state index contributed by atoms with van der Waals surface area (Å²) in [6.45, 7) is 30.3. The second-order valence-corrected chi connectivity index (χ2v) is 24.0. The zero-order chi connectivity index (χ0) is 30.4. The summed E-state index contributed by atoms with van der Waals surface area (Å²) >= 11 is 0. The van der Waals surface area contributed by atoms with Crippen LogP contribution in [-0.2, 0) is 18.5 Å². The van der Waals surface area contributed by atoms with E-state index in [1.807, 2.05) is 32.9 Å². The van der Waals surface area contributed by atoms with Crippen molar-refractivity contribution in [2.75, 3.05) is 13.2 Å². The smallest absolute Gasteiger partial charge is 0.192 e. The average Bonchev–Trinajstić information content (AvgIpc) is 3.26. The number of ketones is 1. The summed E-state index contributed by atoms with van der Waals surface area (Å²) < 4.78 is 13.2. The molecule has 8 heteroatoms. The molecule has 1 aliphatic rings. The lowest BCUT2D eigenvalue weighted by atomic mass is 9.82. The molecule has 1 rings (SSSR count). The van der Waals surface area contributed by atoms with Crippen molar-refractivity contribution < 1.29 is 23.6 Å². The van der Waals surface area contributed by atoms with Crippen LogP contribution in [0.15, 0.2) is 29.0 Å². The monoisotopic (exact) mass is 581 g/mol. The Labute approximate surface area is 241 Å². The highest BCUT2D eigenvalue weighted by molar-refractivity contribution is 6.74. The lowest BCUT2D eigenvalue weighted by molar-refractivity contribution is -0.137. The first kappa shape index (κ1) is 36.0. The van der Waals surface area contributed by atoms with E-state index in [1.165, 1.54) is 0 Å². The van der Waals surface area contributed by atoms with Crippen LogP contribution in [0.4, 0.5) is 0 Å². The maximum Gasteiger partial charge on any atom is 0.192 e. The molecule has 0 saturated heterocycles. The van der Waals surface area contributed by atoms with E-state index < -0.39 is 40.7 Å². The van der Waals surface area contributed by atoms with Crippen LogP contribution in [0.2, 0.25) is 36.3 Å². The summed E-state index contributed by atoms with van der Waals surface area (Å²) in [4.78, 5) is 20.3. The van der Waals surface area contributed by atoms with Crippen molar-refractivity contribution in [2.24, 2.45) is 22.9 Å². The highest BCUT2D eigenvalue weighted by Gasteiger charge is 2.45. The van der Waals surface area contributed by atoms with Gasteiger partial charge in [-0.3, -0.25) is 4.79 Å². The summed E-state index contributed by atoms with van der Waals surface area (Å²) in [5.41, 5.74) is 1.73. The molecule has 0 aromatic carbocycles. The van der Waals surface area contributed by atoms with Gasteiger partial charge in [0.25, 0.3) is 0 Å². The van der Waals surface area contributed by atoms with Gasteiger partial charge in [-0.05, 0) is 68.0 Å². The third kappa shape index (κ3) is 10.1. The molecule has 39 heavy (non-hydrogen) atoms. The van der Waals surface area contributed by atoms with Gasteiger partial charge in [0.2, 0.25) is 0 Å². The first-order valence-corrected chi connectivity index (χ1v) is 20.5. The molecular formula is C31H59NO5Si2. The molecule has 1 aliphatic heterocycles. The summed E-state index contributed by atoms with van der Waals surface area (Å²) in [6, 6.07) is 0. The second kappa shape index (κ2) is 14.2. The average molecular weight is 582 g/mol. The van der Waals surface area contributed by atoms with Crippen molar-refractivity contribution >= 4 is 28.1 Å². The summed E-state index contributed by atoms with van der Waals surface area (Å²) in [5, 5.41) is 15.9. The van der Waals surface area contributed by atoms with E-state index in [9.17, 15) is 9.90 Å². The molecule has 0 aromatic rings. The lowest BCUT2D eigenvalue weighted by Gasteiger charge is -2.39. The topological polar surface area (TPSA) is 77.4 Å². The van der Waals surface area contributed by atoms with E-state index in [2.05, 4.69) is 85.9 Å². The third-order valence-electron chi connectivity index (χ3n) is 9.07. The quantitative estimate of drug-likeness (QED) is 0.167. The molecule has 0 saturated carbocycles. The number of nitrogens with zero attached hydrogens (tertiary/aromatic N) is 1. The van der Waals surface area contributed by atoms with Gasteiger partial charge in [-0.15, -0.1) is 0 Å². The van der Waals surface area contributed by atoms with Crippen molar-refractivity contribution in [3.8, 4) is 0 Å². The van der Waals surface area contributed by atoms with Crippen LogP contribution in [0, 0.1) is 17.8 Å². The van der Waals surface area contributed by atoms with Crippen LogP contribution in [0.3, 0.4) is 0 Å². The SMILES string of the molecule is C/C=C\[C@H](C)/C=C(\C)[C@@H](O)[C@@H](CO[Si](C)(C)C(C)(C)C)C(=O)[C@H](CO[Si](C)(C)C(C)(C)C)[C@@H]1CC(CC)=NO1. The number of allylic oxidation sites excluding steroid dienone is 3. The lowest BCUT2D eigenvalue weighted by Crippen LogP contribution is -2.49. The molecule has 0 aliphatic carbocycles. The predicted molar refractivity (Wildman–Crippen MR) is 169 cm³/mol. The number of Topliss-reactive ketones (excluding diaryl/α,β-unsaturated/α-hetero) is 1. The van der Waals surface area contributed by atoms with Crippen LogP contribution in [0.1, 0.15) is 82.1 Å². The van der Waals surface area contributed by atoms with E-state index in [0.717, 1.165) is 17.7 Å². The highest BCUT2D eigenvalue weighted by Crippen LogP contribution is 2.39. The van der Waals surface area contributed by atoms with Crippen molar-refractivity contribution in [1.82, 2.24) is 0 Å². The molecule has 0 spiro atoms. The number of oxime groups is 1. The van der Waals surface area contributed by atoms with Gasteiger partial charge in [0.15, 0.2) is 16.6 Å². The van der Waals surface area contributed by atoms with Crippen LogP contribution in [-0.4, -0.2) is 58.7 Å². The maximum atomic E-state index is 14.5. The van der Waals surface area contributed by atoms with Crippen LogP contribution >= 0.6 is 0 Å². The predicted octanol–water partition coefficient (Wildman–Crippen LogP) is 7.91. The number of hydrogen-bond donors (Lipinski definition) is 1. The Hall–Kier alpha value is -1.07. The Kier molecular flexibility index (Phi) is 13.1. The van der Waals surface area contributed by atoms with Gasteiger partial charge >= 0.3 is 0 Å². The standard InChI is InChI=1S/C31H59NO5Si2/c1-15-17-22(3)18-23(4)28(33)26(21-36-39(13,14)31(8,9)10)29(34)25(27-19-24(16-2)32-37-27)20-35-38(11,12)30(5,6)7/h15,17-18,22,25-28,33H,16,19-21H2,1-14H3/b17-15-,23-18+/t22-,25+,26+,27-,28+/m0/s1. The molecule has 0 amide bonds. The summed E-state index contributed by atoms with van der Waals surface area (Å²) in [6.07, 6.45) is 6.14. The van der Waals surface area contributed by atoms with E-state index in [-0.39, 0.29) is 35.0 Å². The molecule has 6 nitrogen and oxygen atoms in total. The number of carbonyl (C=O) groups excluding carboxylic acids is 1. The molecule has 0 fully saturated rings. The fraction of sp³-hybridized carbons (Fsp3) is 0.806. The van der Waals surface area contributed by atoms with Crippen LogP contribution in [0.5, 0.6) is 0 Å². The number of aliphatic hydroxyl groups excluding tert-OH is 1. The first-order chi connectivity index (χ1) is 17.7. The van der Waals surface area contributed by atoms with E-state index >= 15 is 0 Å². The van der Waals surface area contributed by atoms with Gasteiger partial charge in [0.1, 0.15) is 11.9 Å². The summed E-state index contributed by atoms with van der Waals surface area (Å²) in [7, 11) is -4.30. The van der Waals surface area contributed by atoms with Gasteiger partial charge in [-0.25, -0.2) is 0 Å². The molecule has 0 radical (unpaired) electrons. The Morgan fingerprint density at radius 3 is 2.03 bits per heavy atom. The molecule has 5 atom stereocenters. The number of hydrogen-bond acceptors (Lipinski definition) is 6. The molecule has 0 unspecified atom stereocenters. The zero-order valence-electron chi connectivity index (χ0n) is 27.5. The first-order valence-electron chi connectivity index (χ1n) is 14.7. The minimum Gasteiger partial charge on any atom is -0.416 e. The number of carbonyl (C=O) groups is 1. The number of aliphatic hydroxyl groups is 1. The van der Waals surface area contributed by atoms with Crippen molar-refractivity contribution in [3.05, 3.63) is 23.8 Å². The van der Waals surface area contributed by atoms with Crippen molar-refractivity contribution in [2.45, 2.75) is 131 Å². The Morgan fingerprint density at radius 1 is 1.08 bits per heavy atom. The fourth-order valence-corrected chi connectivity index (χ4v) is 6.13. The maximum absolute atomic E-state index is 14.5. The number of rotatable bonds is 14. The van der Waals surface area contributed by atoms with Crippen LogP contribution < -0.4 is 0 Å². The summed E-state index contributed by atoms with van der Waals surface area (Å²) in [5.74, 6) is -1.19. The highest BCUT2D eigenvalue weighted by atomic mass is 28.4. The molecule has 1 N–H and O–H groups in total. The zero-order valence-corrected chi connectivity index (χ0v) is 29.5. The second-order valence-electron chi connectivity index (χ2n) is 14.4. The molecule has 0 aromatic heterocycles. The normalized spacial score (nSPS) is 20.9.